The van der Waals surface area contributed by atoms with Gasteiger partial charge >= 0.3 is 5.97 Å². The van der Waals surface area contributed by atoms with Gasteiger partial charge in [-0.3, -0.25) is 9.78 Å². The van der Waals surface area contributed by atoms with Gasteiger partial charge in [-0.2, -0.15) is 0 Å². The lowest BCUT2D eigenvalue weighted by molar-refractivity contribution is -0.137. The molecule has 2 aromatic carbocycles. The fourth-order valence-corrected chi connectivity index (χ4v) is 4.30. The van der Waals surface area contributed by atoms with Crippen molar-refractivity contribution in [2.45, 2.75) is 31.8 Å². The van der Waals surface area contributed by atoms with Gasteiger partial charge < -0.3 is 15.0 Å². The van der Waals surface area contributed by atoms with E-state index in [-0.39, 0.29) is 18.4 Å². The van der Waals surface area contributed by atoms with Crippen LogP contribution in [0.15, 0.2) is 48.7 Å². The maximum atomic E-state index is 13.9. The molecule has 2 aromatic heterocycles. The van der Waals surface area contributed by atoms with Crippen LogP contribution in [0.4, 0.5) is 10.2 Å². The SMILES string of the molecule is O=C(O)Cn1c2c(c3cc(F)ccc31)CC(Nc1cnc3ccccc3n1)CC2. The summed E-state index contributed by atoms with van der Waals surface area (Å²) in [7, 11) is 0. The number of hydrogen-bond acceptors (Lipinski definition) is 4. The number of nitrogens with one attached hydrogen (secondary N) is 1. The molecule has 6 nitrogen and oxygen atoms in total. The van der Waals surface area contributed by atoms with Crippen LogP contribution in [0, 0.1) is 5.82 Å². The molecule has 1 unspecified atom stereocenters. The fourth-order valence-electron chi connectivity index (χ4n) is 4.30. The summed E-state index contributed by atoms with van der Waals surface area (Å²) in [5, 5.41) is 13.6. The van der Waals surface area contributed by atoms with E-state index in [0.717, 1.165) is 46.0 Å². The number of fused-ring (bicyclic) bond motifs is 4. The van der Waals surface area contributed by atoms with E-state index in [0.29, 0.717) is 12.2 Å². The molecule has 2 heterocycles. The van der Waals surface area contributed by atoms with Crippen molar-refractivity contribution >= 4 is 33.7 Å². The minimum atomic E-state index is -0.902. The first-order valence-electron chi connectivity index (χ1n) is 9.58. The van der Waals surface area contributed by atoms with Gasteiger partial charge in [0.25, 0.3) is 0 Å². The van der Waals surface area contributed by atoms with Crippen molar-refractivity contribution in [2.24, 2.45) is 0 Å². The minimum absolute atomic E-state index is 0.116. The Hall–Kier alpha value is -3.48. The van der Waals surface area contributed by atoms with E-state index in [9.17, 15) is 14.3 Å². The number of nitrogens with zero attached hydrogens (tertiary/aromatic N) is 3. The number of carboxylic acids is 1. The van der Waals surface area contributed by atoms with Crippen LogP contribution in [-0.4, -0.2) is 31.7 Å². The molecule has 7 heteroatoms. The molecule has 0 amide bonds. The number of para-hydroxylation sites is 2. The molecule has 0 saturated carbocycles. The number of anilines is 1. The smallest absolute Gasteiger partial charge is 0.323 e. The predicted molar refractivity (Wildman–Crippen MR) is 109 cm³/mol. The first-order chi connectivity index (χ1) is 14.1. The van der Waals surface area contributed by atoms with E-state index in [1.807, 2.05) is 24.3 Å². The Kier molecular flexibility index (Phi) is 4.16. The quantitative estimate of drug-likeness (QED) is 0.554. The number of hydrogen-bond donors (Lipinski definition) is 2. The Morgan fingerprint density at radius 3 is 2.90 bits per heavy atom. The summed E-state index contributed by atoms with van der Waals surface area (Å²) >= 11 is 0. The molecule has 1 atom stereocenters. The zero-order valence-corrected chi connectivity index (χ0v) is 15.6. The lowest BCUT2D eigenvalue weighted by atomic mass is 9.91. The maximum absolute atomic E-state index is 13.9. The molecule has 5 rings (SSSR count). The Bertz CT molecular complexity index is 1250. The average Bonchev–Trinajstić information content (AvgIpc) is 3.00. The molecule has 146 valence electrons. The maximum Gasteiger partial charge on any atom is 0.323 e. The van der Waals surface area contributed by atoms with Crippen molar-refractivity contribution in [2.75, 3.05) is 5.32 Å². The summed E-state index contributed by atoms with van der Waals surface area (Å²) in [6.07, 6.45) is 3.96. The summed E-state index contributed by atoms with van der Waals surface area (Å²) in [6, 6.07) is 12.4. The molecule has 0 radical (unpaired) electrons. The molecular formula is C22H19FN4O2. The predicted octanol–water partition coefficient (Wildman–Crippen LogP) is 3.78. The normalized spacial score (nSPS) is 16.1. The lowest BCUT2D eigenvalue weighted by Crippen LogP contribution is -2.28. The van der Waals surface area contributed by atoms with Gasteiger partial charge in [-0.1, -0.05) is 12.1 Å². The van der Waals surface area contributed by atoms with Crippen molar-refractivity contribution in [3.8, 4) is 0 Å². The Morgan fingerprint density at radius 2 is 2.07 bits per heavy atom. The third kappa shape index (κ3) is 3.18. The monoisotopic (exact) mass is 390 g/mol. The van der Waals surface area contributed by atoms with E-state index >= 15 is 0 Å². The van der Waals surface area contributed by atoms with Crippen LogP contribution in [0.3, 0.4) is 0 Å². The van der Waals surface area contributed by atoms with Crippen LogP contribution in [0.25, 0.3) is 21.9 Å². The Balaban J connectivity index is 1.48. The highest BCUT2D eigenvalue weighted by atomic mass is 19.1. The summed E-state index contributed by atoms with van der Waals surface area (Å²) in [4.78, 5) is 20.4. The number of aliphatic carboxylic acids is 1. The van der Waals surface area contributed by atoms with Crippen molar-refractivity contribution in [3.63, 3.8) is 0 Å². The van der Waals surface area contributed by atoms with Gasteiger partial charge in [0.05, 0.1) is 17.2 Å². The zero-order valence-electron chi connectivity index (χ0n) is 15.6. The van der Waals surface area contributed by atoms with Crippen LogP contribution in [-0.2, 0) is 24.2 Å². The number of carbonyl (C=O) groups is 1. The summed E-state index contributed by atoms with van der Waals surface area (Å²) in [5.41, 5.74) is 4.43. The summed E-state index contributed by atoms with van der Waals surface area (Å²) < 4.78 is 15.7. The van der Waals surface area contributed by atoms with Crippen LogP contribution in [0.1, 0.15) is 17.7 Å². The molecule has 4 aromatic rings. The van der Waals surface area contributed by atoms with Crippen LogP contribution in [0.5, 0.6) is 0 Å². The highest BCUT2D eigenvalue weighted by Crippen LogP contribution is 2.33. The second-order valence-electron chi connectivity index (χ2n) is 7.39. The standard InChI is InChI=1S/C22H19FN4O2/c23-13-5-7-19-15(9-13)16-10-14(6-8-20(16)27(19)12-22(28)29)25-21-11-24-17-3-1-2-4-18(17)26-21/h1-5,7,9,11,14H,6,8,10,12H2,(H,25,26)(H,28,29). The average molecular weight is 390 g/mol. The van der Waals surface area contributed by atoms with Crippen molar-refractivity contribution < 1.29 is 14.3 Å². The fraction of sp³-hybridized carbons (Fsp3) is 0.227. The molecular weight excluding hydrogens is 371 g/mol. The molecule has 0 saturated heterocycles. The molecule has 1 aliphatic carbocycles. The molecule has 2 N–H and O–H groups in total. The Morgan fingerprint density at radius 1 is 1.24 bits per heavy atom. The van der Waals surface area contributed by atoms with E-state index in [1.165, 1.54) is 12.1 Å². The highest BCUT2D eigenvalue weighted by molar-refractivity contribution is 5.87. The van der Waals surface area contributed by atoms with E-state index in [4.69, 9.17) is 0 Å². The number of carboxylic acid groups (broad SMARTS) is 1. The van der Waals surface area contributed by atoms with Crippen molar-refractivity contribution in [1.82, 2.24) is 14.5 Å². The van der Waals surface area contributed by atoms with Crippen molar-refractivity contribution in [3.05, 3.63) is 65.7 Å². The van der Waals surface area contributed by atoms with Crippen LogP contribution < -0.4 is 5.32 Å². The second-order valence-corrected chi connectivity index (χ2v) is 7.39. The van der Waals surface area contributed by atoms with Gasteiger partial charge in [-0.15, -0.1) is 0 Å². The lowest BCUT2D eigenvalue weighted by Gasteiger charge is -2.25. The minimum Gasteiger partial charge on any atom is -0.480 e. The van der Waals surface area contributed by atoms with Gasteiger partial charge in [-0.05, 0) is 55.2 Å². The number of benzene rings is 2. The number of rotatable bonds is 4. The summed E-state index contributed by atoms with van der Waals surface area (Å²) in [6.45, 7) is -0.119. The largest absolute Gasteiger partial charge is 0.480 e. The first kappa shape index (κ1) is 17.6. The number of halogens is 1. The van der Waals surface area contributed by atoms with Gasteiger partial charge in [0.15, 0.2) is 0 Å². The Labute approximate surface area is 166 Å². The van der Waals surface area contributed by atoms with Gasteiger partial charge in [0.2, 0.25) is 0 Å². The van der Waals surface area contributed by atoms with Gasteiger partial charge in [0, 0.05) is 22.6 Å². The van der Waals surface area contributed by atoms with E-state index < -0.39 is 5.97 Å². The van der Waals surface area contributed by atoms with Crippen LogP contribution in [0.2, 0.25) is 0 Å². The molecule has 0 spiro atoms. The van der Waals surface area contributed by atoms with Crippen molar-refractivity contribution in [1.29, 1.82) is 0 Å². The first-order valence-corrected chi connectivity index (χ1v) is 9.58. The second kappa shape index (κ2) is 6.84. The molecule has 0 aliphatic heterocycles. The highest BCUT2D eigenvalue weighted by Gasteiger charge is 2.26. The number of aromatic nitrogens is 3. The topological polar surface area (TPSA) is 80.0 Å². The van der Waals surface area contributed by atoms with E-state index in [1.54, 1.807) is 16.8 Å². The van der Waals surface area contributed by atoms with E-state index in [2.05, 4.69) is 15.3 Å². The molecule has 0 bridgehead atoms. The summed E-state index contributed by atoms with van der Waals surface area (Å²) in [5.74, 6) is -0.512. The van der Waals surface area contributed by atoms with Gasteiger partial charge in [-0.25, -0.2) is 9.37 Å². The zero-order chi connectivity index (χ0) is 20.0. The third-order valence-electron chi connectivity index (χ3n) is 5.52. The molecule has 1 aliphatic rings. The van der Waals surface area contributed by atoms with Gasteiger partial charge in [0.1, 0.15) is 18.2 Å². The van der Waals surface area contributed by atoms with Crippen LogP contribution >= 0.6 is 0 Å². The molecule has 29 heavy (non-hydrogen) atoms. The molecule has 0 fully saturated rings. The third-order valence-corrected chi connectivity index (χ3v) is 5.52.